The van der Waals surface area contributed by atoms with Crippen molar-refractivity contribution in [1.82, 2.24) is 10.4 Å². The fourth-order valence-corrected chi connectivity index (χ4v) is 4.75. The Hall–Kier alpha value is -0.620. The molecule has 0 aliphatic rings. The molecule has 0 bridgehead atoms. The Balaban J connectivity index is 3.60. The van der Waals surface area contributed by atoms with Crippen LogP contribution >= 0.6 is 7.75 Å². The molecule has 8 heteroatoms. The Kier molecular flexibility index (Phi) is 20.8. The largest absolute Gasteiger partial charge is 0.400 e. The van der Waals surface area contributed by atoms with Crippen LogP contribution < -0.4 is 16.1 Å². The van der Waals surface area contributed by atoms with E-state index >= 15 is 0 Å². The zero-order chi connectivity index (χ0) is 23.2. The summed E-state index contributed by atoms with van der Waals surface area (Å²) in [5.74, 6) is -0.0392. The van der Waals surface area contributed by atoms with E-state index in [9.17, 15) is 14.4 Å². The van der Waals surface area contributed by atoms with Crippen molar-refractivity contribution < 1.29 is 14.4 Å². The van der Waals surface area contributed by atoms with Crippen molar-refractivity contribution in [2.45, 2.75) is 135 Å². The van der Waals surface area contributed by atoms with Gasteiger partial charge in [0.25, 0.3) is 0 Å². The Bertz CT molecular complexity index is 460. The Morgan fingerprint density at radius 3 is 1.55 bits per heavy atom. The molecule has 0 aromatic carbocycles. The molecule has 7 nitrogen and oxygen atoms in total. The van der Waals surface area contributed by atoms with Crippen LogP contribution in [0.1, 0.15) is 129 Å². The van der Waals surface area contributed by atoms with Crippen molar-refractivity contribution in [3.05, 3.63) is 0 Å². The second-order valence-corrected chi connectivity index (χ2v) is 10.3. The number of nitrogens with two attached hydrogens (primary N) is 1. The third-order valence-electron chi connectivity index (χ3n) is 5.80. The summed E-state index contributed by atoms with van der Waals surface area (Å²) in [5.41, 5.74) is 5.24. The van der Waals surface area contributed by atoms with Crippen LogP contribution in [0.5, 0.6) is 0 Å². The van der Waals surface area contributed by atoms with Gasteiger partial charge in [-0.2, -0.15) is 0 Å². The first-order valence-corrected chi connectivity index (χ1v) is 14.4. The zero-order valence-electron chi connectivity index (χ0n) is 20.0. The van der Waals surface area contributed by atoms with Crippen molar-refractivity contribution in [1.29, 1.82) is 5.41 Å². The summed E-state index contributed by atoms with van der Waals surface area (Å²) in [6.45, 7) is 2.89. The number of rotatable bonds is 23. The normalized spacial score (nSPS) is 12.7. The molecule has 0 rings (SSSR count). The summed E-state index contributed by atoms with van der Waals surface area (Å²) in [4.78, 5) is 18.5. The fourth-order valence-electron chi connectivity index (χ4n) is 4.01. The zero-order valence-corrected chi connectivity index (χ0v) is 20.9. The number of hydrogen-bond donors (Lipinski definition) is 6. The molecule has 31 heavy (non-hydrogen) atoms. The second kappa shape index (κ2) is 21.2. The summed E-state index contributed by atoms with van der Waals surface area (Å²) in [7, 11) is -4.20. The van der Waals surface area contributed by atoms with Crippen molar-refractivity contribution in [3.8, 4) is 0 Å². The van der Waals surface area contributed by atoms with E-state index in [4.69, 9.17) is 11.1 Å². The molecule has 0 radical (unpaired) electrons. The first-order chi connectivity index (χ1) is 14.8. The van der Waals surface area contributed by atoms with Gasteiger partial charge in [0, 0.05) is 12.6 Å². The Labute approximate surface area is 191 Å². The van der Waals surface area contributed by atoms with Crippen LogP contribution in [0.2, 0.25) is 0 Å². The topological polar surface area (TPSA) is 131 Å². The van der Waals surface area contributed by atoms with Crippen LogP contribution in [0.15, 0.2) is 0 Å². The fraction of sp³-hybridized carbons (Fsp3) is 0.957. The van der Waals surface area contributed by atoms with E-state index < -0.39 is 7.75 Å². The molecule has 0 saturated carbocycles. The average molecular weight is 463 g/mol. The highest BCUT2D eigenvalue weighted by atomic mass is 31.2. The first-order valence-electron chi connectivity index (χ1n) is 12.8. The van der Waals surface area contributed by atoms with Gasteiger partial charge in [-0.25, -0.2) is 9.65 Å². The lowest BCUT2D eigenvalue weighted by molar-refractivity contribution is 0.335. The number of hydrogen-bond acceptors (Lipinski definition) is 2. The summed E-state index contributed by atoms with van der Waals surface area (Å²) in [6.07, 6.45) is 22.9. The Morgan fingerprint density at radius 2 is 1.16 bits per heavy atom. The van der Waals surface area contributed by atoms with E-state index in [0.717, 1.165) is 38.5 Å². The minimum Gasteiger partial charge on any atom is -0.370 e. The highest BCUT2D eigenvalue weighted by Gasteiger charge is 2.19. The van der Waals surface area contributed by atoms with Crippen LogP contribution in [0.4, 0.5) is 0 Å². The van der Waals surface area contributed by atoms with E-state index in [2.05, 4.69) is 17.3 Å². The van der Waals surface area contributed by atoms with E-state index in [0.29, 0.717) is 6.54 Å². The molecule has 0 aliphatic carbocycles. The molecule has 1 atom stereocenters. The van der Waals surface area contributed by atoms with Crippen LogP contribution in [-0.2, 0) is 4.57 Å². The summed E-state index contributed by atoms with van der Waals surface area (Å²) in [5, 5.41) is 12.4. The molecule has 7 N–H and O–H groups in total. The molecule has 0 spiro atoms. The quantitative estimate of drug-likeness (QED) is 0.0481. The molecule has 0 fully saturated rings. The standard InChI is InChI=1S/C23H51N4O3P/c1-2-3-4-5-6-7-8-9-10-11-12-13-14-15-16-19-22(27-31(28,29)30)20-17-18-21-26-23(24)25/h22H,2-21H2,1H3,(H4,24,25,26)(H3,27,28,29,30). The van der Waals surface area contributed by atoms with Gasteiger partial charge in [0.2, 0.25) is 0 Å². The maximum absolute atomic E-state index is 11.3. The molecule has 0 heterocycles. The van der Waals surface area contributed by atoms with Gasteiger partial charge in [0.1, 0.15) is 0 Å². The van der Waals surface area contributed by atoms with Crippen LogP contribution in [0.3, 0.4) is 0 Å². The molecular weight excluding hydrogens is 411 g/mol. The van der Waals surface area contributed by atoms with Crippen LogP contribution in [0, 0.1) is 5.41 Å². The smallest absolute Gasteiger partial charge is 0.370 e. The van der Waals surface area contributed by atoms with Gasteiger partial charge in [0.05, 0.1) is 0 Å². The highest BCUT2D eigenvalue weighted by Crippen LogP contribution is 2.31. The summed E-state index contributed by atoms with van der Waals surface area (Å²) in [6, 6.07) is -0.153. The Morgan fingerprint density at radius 1 is 0.774 bits per heavy atom. The third-order valence-corrected chi connectivity index (χ3v) is 6.50. The van der Waals surface area contributed by atoms with Gasteiger partial charge in [-0.05, 0) is 19.3 Å². The maximum atomic E-state index is 11.3. The van der Waals surface area contributed by atoms with Crippen molar-refractivity contribution in [2.24, 2.45) is 5.73 Å². The third kappa shape index (κ3) is 25.5. The van der Waals surface area contributed by atoms with Gasteiger partial charge in [-0.1, -0.05) is 110 Å². The van der Waals surface area contributed by atoms with Crippen LogP contribution in [0.25, 0.3) is 0 Å². The SMILES string of the molecule is CCCCCCCCCCCCCCCCCC(CCCCNC(=N)N)NP(=O)(O)O. The lowest BCUT2D eigenvalue weighted by Crippen LogP contribution is -2.31. The highest BCUT2D eigenvalue weighted by molar-refractivity contribution is 7.49. The molecule has 0 aromatic heterocycles. The van der Waals surface area contributed by atoms with E-state index in [1.54, 1.807) is 0 Å². The van der Waals surface area contributed by atoms with Gasteiger partial charge < -0.3 is 20.8 Å². The van der Waals surface area contributed by atoms with Crippen LogP contribution in [-0.4, -0.2) is 28.3 Å². The predicted octanol–water partition coefficient (Wildman–Crippen LogP) is 5.95. The monoisotopic (exact) mass is 462 g/mol. The van der Waals surface area contributed by atoms with Crippen molar-refractivity contribution in [2.75, 3.05) is 6.54 Å². The minimum absolute atomic E-state index is 0.0392. The molecule has 186 valence electrons. The first kappa shape index (κ1) is 30.4. The van der Waals surface area contributed by atoms with Gasteiger partial charge in [-0.3, -0.25) is 5.41 Å². The summed E-state index contributed by atoms with van der Waals surface area (Å²) >= 11 is 0. The molecule has 0 amide bonds. The number of unbranched alkanes of at least 4 members (excludes halogenated alkanes) is 15. The minimum atomic E-state index is -4.20. The van der Waals surface area contributed by atoms with E-state index in [1.807, 2.05) is 0 Å². The number of nitrogens with one attached hydrogen (secondary N) is 3. The van der Waals surface area contributed by atoms with Crippen molar-refractivity contribution >= 4 is 13.7 Å². The molecular formula is C23H51N4O3P. The summed E-state index contributed by atoms with van der Waals surface area (Å²) < 4.78 is 11.3. The molecule has 1 unspecified atom stereocenters. The van der Waals surface area contributed by atoms with Gasteiger partial charge in [-0.15, -0.1) is 0 Å². The number of guanidine groups is 1. The van der Waals surface area contributed by atoms with Gasteiger partial charge >= 0.3 is 7.75 Å². The second-order valence-electron chi connectivity index (χ2n) is 8.94. The average Bonchev–Trinajstić information content (AvgIpc) is 2.69. The maximum Gasteiger partial charge on any atom is 0.400 e. The molecule has 0 saturated heterocycles. The van der Waals surface area contributed by atoms with Gasteiger partial charge in [0.15, 0.2) is 5.96 Å². The predicted molar refractivity (Wildman–Crippen MR) is 132 cm³/mol. The molecule has 0 aromatic rings. The van der Waals surface area contributed by atoms with Crippen molar-refractivity contribution in [3.63, 3.8) is 0 Å². The van der Waals surface area contributed by atoms with E-state index in [1.165, 1.54) is 83.5 Å². The van der Waals surface area contributed by atoms with E-state index in [-0.39, 0.29) is 12.0 Å². The lowest BCUT2D eigenvalue weighted by atomic mass is 10.0. The lowest BCUT2D eigenvalue weighted by Gasteiger charge is -2.19. The molecule has 0 aliphatic heterocycles.